The molecule has 1 heterocycles. The Morgan fingerprint density at radius 2 is 1.95 bits per heavy atom. The summed E-state index contributed by atoms with van der Waals surface area (Å²) in [6, 6.07) is 4.80. The van der Waals surface area contributed by atoms with Crippen LogP contribution in [-0.4, -0.2) is 13.4 Å². The second-order valence-electron chi connectivity index (χ2n) is 4.29. The topological polar surface area (TPSA) is 85.1 Å². The molecule has 19 heavy (non-hydrogen) atoms. The van der Waals surface area contributed by atoms with E-state index in [0.29, 0.717) is 16.4 Å². The molecule has 0 aliphatic carbocycles. The van der Waals surface area contributed by atoms with Gasteiger partial charge in [-0.3, -0.25) is 4.72 Å². The van der Waals surface area contributed by atoms with Crippen molar-refractivity contribution in [3.8, 4) is 0 Å². The third-order valence-electron chi connectivity index (χ3n) is 2.75. The molecule has 0 aliphatic rings. The Bertz CT molecular complexity index is 701. The van der Waals surface area contributed by atoms with E-state index in [1.807, 2.05) is 13.8 Å². The maximum absolute atomic E-state index is 12.3. The zero-order valence-electron chi connectivity index (χ0n) is 10.9. The molecule has 7 heteroatoms. The van der Waals surface area contributed by atoms with E-state index < -0.39 is 10.0 Å². The van der Waals surface area contributed by atoms with Crippen molar-refractivity contribution in [2.45, 2.75) is 25.7 Å². The van der Waals surface area contributed by atoms with Gasteiger partial charge in [0.1, 0.15) is 0 Å². The van der Waals surface area contributed by atoms with Crippen molar-refractivity contribution in [2.24, 2.45) is 0 Å². The fourth-order valence-electron chi connectivity index (χ4n) is 1.59. The van der Waals surface area contributed by atoms with E-state index in [1.54, 1.807) is 19.1 Å². The molecule has 1 aromatic heterocycles. The van der Waals surface area contributed by atoms with Crippen LogP contribution in [0.3, 0.4) is 0 Å². The molecule has 3 N–H and O–H groups in total. The van der Waals surface area contributed by atoms with E-state index in [-0.39, 0.29) is 4.90 Å². The monoisotopic (exact) mass is 297 g/mol. The molecule has 0 saturated heterocycles. The first kappa shape index (κ1) is 13.8. The van der Waals surface area contributed by atoms with Crippen molar-refractivity contribution < 1.29 is 8.42 Å². The van der Waals surface area contributed by atoms with Gasteiger partial charge < -0.3 is 5.73 Å². The molecule has 0 radical (unpaired) electrons. The first-order chi connectivity index (χ1) is 8.79. The quantitative estimate of drug-likeness (QED) is 0.852. The summed E-state index contributed by atoms with van der Waals surface area (Å²) in [5.41, 5.74) is 7.53. The zero-order valence-corrected chi connectivity index (χ0v) is 12.5. The number of nitrogen functional groups attached to an aromatic ring is 1. The minimum absolute atomic E-state index is 0.179. The summed E-state index contributed by atoms with van der Waals surface area (Å²) < 4.78 is 27.1. The van der Waals surface area contributed by atoms with Crippen LogP contribution >= 0.6 is 11.3 Å². The third-order valence-corrected chi connectivity index (χ3v) is 5.35. The SMILES string of the molecule is Cc1ccc(N)cc1S(=O)(=O)Nc1nc(C)c(C)s1. The molecule has 0 spiro atoms. The van der Waals surface area contributed by atoms with Gasteiger partial charge in [-0.25, -0.2) is 13.4 Å². The number of benzene rings is 1. The van der Waals surface area contributed by atoms with Crippen molar-refractivity contribution in [1.29, 1.82) is 0 Å². The van der Waals surface area contributed by atoms with Crippen LogP contribution in [0.4, 0.5) is 10.8 Å². The Morgan fingerprint density at radius 3 is 2.53 bits per heavy atom. The van der Waals surface area contributed by atoms with Gasteiger partial charge in [-0.1, -0.05) is 6.07 Å². The maximum atomic E-state index is 12.3. The largest absolute Gasteiger partial charge is 0.399 e. The number of aryl methyl sites for hydroxylation is 3. The maximum Gasteiger partial charge on any atom is 0.264 e. The van der Waals surface area contributed by atoms with Gasteiger partial charge >= 0.3 is 0 Å². The van der Waals surface area contributed by atoms with Gasteiger partial charge in [0, 0.05) is 10.6 Å². The van der Waals surface area contributed by atoms with Crippen molar-refractivity contribution in [2.75, 3.05) is 10.5 Å². The van der Waals surface area contributed by atoms with Gasteiger partial charge in [0.05, 0.1) is 10.6 Å². The first-order valence-electron chi connectivity index (χ1n) is 5.62. The van der Waals surface area contributed by atoms with Crippen molar-refractivity contribution in [1.82, 2.24) is 4.98 Å². The summed E-state index contributed by atoms with van der Waals surface area (Å²) in [5, 5.41) is 0.372. The number of aromatic nitrogens is 1. The van der Waals surface area contributed by atoms with Gasteiger partial charge in [-0.15, -0.1) is 11.3 Å². The molecule has 0 unspecified atom stereocenters. The highest BCUT2D eigenvalue weighted by Crippen LogP contribution is 2.26. The average molecular weight is 297 g/mol. The molecule has 0 fully saturated rings. The Labute approximate surface area is 116 Å². The summed E-state index contributed by atoms with van der Waals surface area (Å²) >= 11 is 1.31. The van der Waals surface area contributed by atoms with Gasteiger partial charge in [0.2, 0.25) is 0 Å². The Kier molecular flexibility index (Phi) is 3.51. The lowest BCUT2D eigenvalue weighted by molar-refractivity contribution is 0.600. The van der Waals surface area contributed by atoms with E-state index in [9.17, 15) is 8.42 Å². The van der Waals surface area contributed by atoms with Crippen LogP contribution in [-0.2, 0) is 10.0 Å². The molecule has 0 amide bonds. The van der Waals surface area contributed by atoms with Crippen LogP contribution in [0.1, 0.15) is 16.1 Å². The number of hydrogen-bond acceptors (Lipinski definition) is 5. The van der Waals surface area contributed by atoms with Crippen LogP contribution in [0.25, 0.3) is 0 Å². The summed E-state index contributed by atoms with van der Waals surface area (Å²) in [4.78, 5) is 5.34. The summed E-state index contributed by atoms with van der Waals surface area (Å²) in [7, 11) is -3.65. The lowest BCUT2D eigenvalue weighted by atomic mass is 10.2. The summed E-state index contributed by atoms with van der Waals surface area (Å²) in [6.45, 7) is 5.47. The first-order valence-corrected chi connectivity index (χ1v) is 7.92. The van der Waals surface area contributed by atoms with Crippen LogP contribution in [0.2, 0.25) is 0 Å². The van der Waals surface area contributed by atoms with Gasteiger partial charge in [-0.2, -0.15) is 0 Å². The highest BCUT2D eigenvalue weighted by atomic mass is 32.2. The average Bonchev–Trinajstić information content (AvgIpc) is 2.60. The molecule has 0 saturated carbocycles. The second kappa shape index (κ2) is 4.82. The molecular formula is C12H15N3O2S2. The molecule has 2 rings (SSSR count). The number of hydrogen-bond donors (Lipinski definition) is 2. The smallest absolute Gasteiger partial charge is 0.264 e. The molecule has 1 aromatic carbocycles. The molecular weight excluding hydrogens is 282 g/mol. The normalized spacial score (nSPS) is 11.5. The summed E-state index contributed by atoms with van der Waals surface area (Å²) in [5.74, 6) is 0. The van der Waals surface area contributed by atoms with Crippen molar-refractivity contribution >= 4 is 32.2 Å². The van der Waals surface area contributed by atoms with E-state index in [1.165, 1.54) is 17.4 Å². The van der Waals surface area contributed by atoms with Gasteiger partial charge in [0.15, 0.2) is 5.13 Å². The van der Waals surface area contributed by atoms with Gasteiger partial charge in [0.25, 0.3) is 10.0 Å². The van der Waals surface area contributed by atoms with Crippen LogP contribution < -0.4 is 10.5 Å². The fraction of sp³-hybridized carbons (Fsp3) is 0.250. The fourth-order valence-corrected chi connectivity index (χ4v) is 3.92. The van der Waals surface area contributed by atoms with E-state index >= 15 is 0 Å². The molecule has 0 bridgehead atoms. The number of anilines is 2. The van der Waals surface area contributed by atoms with Crippen molar-refractivity contribution in [3.63, 3.8) is 0 Å². The van der Waals surface area contributed by atoms with E-state index in [2.05, 4.69) is 9.71 Å². The molecule has 0 aliphatic heterocycles. The second-order valence-corrected chi connectivity index (χ2v) is 7.15. The molecule has 5 nitrogen and oxygen atoms in total. The number of sulfonamides is 1. The predicted molar refractivity (Wildman–Crippen MR) is 78.0 cm³/mol. The number of thiazole rings is 1. The zero-order chi connectivity index (χ0) is 14.2. The van der Waals surface area contributed by atoms with Crippen LogP contribution in [0, 0.1) is 20.8 Å². The highest BCUT2D eigenvalue weighted by Gasteiger charge is 2.19. The summed E-state index contributed by atoms with van der Waals surface area (Å²) in [6.07, 6.45) is 0. The lowest BCUT2D eigenvalue weighted by Crippen LogP contribution is -2.14. The lowest BCUT2D eigenvalue weighted by Gasteiger charge is -2.08. The minimum Gasteiger partial charge on any atom is -0.399 e. The molecule has 102 valence electrons. The number of nitrogens with zero attached hydrogens (tertiary/aromatic N) is 1. The Morgan fingerprint density at radius 1 is 1.26 bits per heavy atom. The third kappa shape index (κ3) is 2.87. The number of nitrogens with two attached hydrogens (primary N) is 1. The Balaban J connectivity index is 2.40. The van der Waals surface area contributed by atoms with Crippen LogP contribution in [0.5, 0.6) is 0 Å². The van der Waals surface area contributed by atoms with Crippen molar-refractivity contribution in [3.05, 3.63) is 34.3 Å². The van der Waals surface area contributed by atoms with Crippen LogP contribution in [0.15, 0.2) is 23.1 Å². The Hall–Kier alpha value is -1.60. The molecule has 0 atom stereocenters. The van der Waals surface area contributed by atoms with E-state index in [0.717, 1.165) is 10.6 Å². The standard InChI is InChI=1S/C12H15N3O2S2/c1-7-4-5-10(13)6-11(7)19(16,17)15-12-14-8(2)9(3)18-12/h4-6H,13H2,1-3H3,(H,14,15). The van der Waals surface area contributed by atoms with E-state index in [4.69, 9.17) is 5.73 Å². The number of nitrogens with one attached hydrogen (secondary N) is 1. The van der Waals surface area contributed by atoms with Gasteiger partial charge in [-0.05, 0) is 38.5 Å². The minimum atomic E-state index is -3.65. The predicted octanol–water partition coefficient (Wildman–Crippen LogP) is 2.45. The number of rotatable bonds is 3. The highest BCUT2D eigenvalue weighted by molar-refractivity contribution is 7.93. The molecule has 2 aromatic rings.